The van der Waals surface area contributed by atoms with Crippen LogP contribution in [0.15, 0.2) is 0 Å². The second-order valence-corrected chi connectivity index (χ2v) is 6.45. The van der Waals surface area contributed by atoms with E-state index >= 15 is 0 Å². The molecule has 1 rings (SSSR count). The van der Waals surface area contributed by atoms with Crippen molar-refractivity contribution in [3.63, 3.8) is 0 Å². The number of nitrogens with zero attached hydrogens (tertiary/aromatic N) is 1. The average molecular weight is 325 g/mol. The van der Waals surface area contributed by atoms with Crippen LogP contribution in [0.2, 0.25) is 0 Å². The fourth-order valence-electron chi connectivity index (χ4n) is 2.49. The van der Waals surface area contributed by atoms with Crippen LogP contribution in [0, 0.1) is 0 Å². The van der Waals surface area contributed by atoms with E-state index in [-0.39, 0.29) is 21.2 Å². The third-order valence-electron chi connectivity index (χ3n) is 3.53. The van der Waals surface area contributed by atoms with Gasteiger partial charge in [-0.25, -0.2) is 4.79 Å². The first-order valence-corrected chi connectivity index (χ1v) is 6.33. The van der Waals surface area contributed by atoms with Crippen LogP contribution < -0.4 is 0 Å². The maximum absolute atomic E-state index is 11.0. The number of halogens is 1. The van der Waals surface area contributed by atoms with Gasteiger partial charge in [-0.3, -0.25) is 4.90 Å². The van der Waals surface area contributed by atoms with Gasteiger partial charge in [0.05, 0.1) is 22.6 Å². The van der Waals surface area contributed by atoms with Gasteiger partial charge in [0.2, 0.25) is 0 Å². The molecule has 1 aliphatic heterocycles. The van der Waals surface area contributed by atoms with Gasteiger partial charge in [0.1, 0.15) is 6.10 Å². The Kier molecular flexibility index (Phi) is 3.70. The van der Waals surface area contributed by atoms with E-state index in [0.29, 0.717) is 0 Å². The van der Waals surface area contributed by atoms with E-state index < -0.39 is 0 Å². The zero-order chi connectivity index (χ0) is 11.9. The topological polar surface area (TPSA) is 29.5 Å². The zero-order valence-electron chi connectivity index (χ0n) is 10.1. The fraction of sp³-hybridized carbons (Fsp3) is 0.909. The molecule has 3 nitrogen and oxygen atoms in total. The second-order valence-electron chi connectivity index (χ2n) is 5.57. The maximum Gasteiger partial charge on any atom is 0.367 e. The lowest BCUT2D eigenvalue weighted by Crippen LogP contribution is -2.60. The van der Waals surface area contributed by atoms with Crippen molar-refractivity contribution in [2.45, 2.75) is 57.7 Å². The molecule has 1 saturated heterocycles. The van der Waals surface area contributed by atoms with Crippen molar-refractivity contribution >= 4 is 26.6 Å². The van der Waals surface area contributed by atoms with E-state index in [1.54, 1.807) is 22.6 Å². The summed E-state index contributed by atoms with van der Waals surface area (Å²) in [6, 6.07) is 0. The summed E-state index contributed by atoms with van der Waals surface area (Å²) < 4.78 is 5.13. The summed E-state index contributed by atoms with van der Waals surface area (Å²) in [6.07, 6.45) is 1.86. The number of ether oxygens (including phenoxy) is 1. The monoisotopic (exact) mass is 325 g/mol. The second kappa shape index (κ2) is 4.20. The van der Waals surface area contributed by atoms with Crippen LogP contribution in [0.4, 0.5) is 4.79 Å². The van der Waals surface area contributed by atoms with Gasteiger partial charge in [-0.05, 0) is 34.7 Å². The van der Waals surface area contributed by atoms with Crippen molar-refractivity contribution in [3.8, 4) is 0 Å². The molecule has 0 bridgehead atoms. The third-order valence-corrected chi connectivity index (χ3v) is 3.78. The molecule has 0 spiro atoms. The first-order valence-electron chi connectivity index (χ1n) is 5.25. The highest BCUT2D eigenvalue weighted by molar-refractivity contribution is 14.1. The molecular weight excluding hydrogens is 305 g/mol. The van der Waals surface area contributed by atoms with Crippen LogP contribution in [0.5, 0.6) is 0 Å². The van der Waals surface area contributed by atoms with Crippen LogP contribution in [0.3, 0.4) is 0 Å². The Morgan fingerprint density at radius 3 is 2.00 bits per heavy atom. The van der Waals surface area contributed by atoms with Crippen molar-refractivity contribution in [3.05, 3.63) is 0 Å². The highest BCUT2D eigenvalue weighted by Gasteiger charge is 2.44. The molecule has 4 heteroatoms. The lowest BCUT2D eigenvalue weighted by molar-refractivity contribution is -0.0633. The molecule has 0 atom stereocenters. The summed E-state index contributed by atoms with van der Waals surface area (Å²) in [7, 11) is 2.14. The minimum Gasteiger partial charge on any atom is -0.455 e. The molecule has 88 valence electrons. The summed E-state index contributed by atoms with van der Waals surface area (Å²) in [5.41, 5.74) is 0.164. The van der Waals surface area contributed by atoms with E-state index in [9.17, 15) is 4.79 Å². The first kappa shape index (κ1) is 13.2. The Labute approximate surface area is 106 Å². The van der Waals surface area contributed by atoms with Gasteiger partial charge in [-0.2, -0.15) is 0 Å². The third kappa shape index (κ3) is 3.06. The first-order chi connectivity index (χ1) is 6.65. The minimum absolute atomic E-state index is 0.0515. The molecule has 15 heavy (non-hydrogen) atoms. The van der Waals surface area contributed by atoms with Crippen LogP contribution in [-0.4, -0.2) is 33.1 Å². The molecule has 0 saturated carbocycles. The number of carbonyl (C=O) groups excluding carboxylic acids is 1. The van der Waals surface area contributed by atoms with E-state index in [4.69, 9.17) is 4.74 Å². The molecule has 0 amide bonds. The lowest BCUT2D eigenvalue weighted by atomic mass is 9.79. The van der Waals surface area contributed by atoms with Gasteiger partial charge >= 0.3 is 3.98 Å². The van der Waals surface area contributed by atoms with Crippen molar-refractivity contribution in [2.75, 3.05) is 7.05 Å². The van der Waals surface area contributed by atoms with E-state index in [1.807, 2.05) is 0 Å². The standard InChI is InChI=1S/C11H20INO2/c1-10(2)6-8(15-9(12)14)7-11(3,4)13(10)5/h8H,6-7H2,1-5H3. The highest BCUT2D eigenvalue weighted by atomic mass is 127. The molecular formula is C11H20INO2. The maximum atomic E-state index is 11.0. The summed E-state index contributed by atoms with van der Waals surface area (Å²) in [5.74, 6) is 0. The van der Waals surface area contributed by atoms with Crippen LogP contribution in [0.1, 0.15) is 40.5 Å². The Hall–Kier alpha value is 0.160. The number of likely N-dealkylation sites (tertiary alicyclic amines) is 1. The van der Waals surface area contributed by atoms with E-state index in [2.05, 4.69) is 39.6 Å². The smallest absolute Gasteiger partial charge is 0.367 e. The number of hydrogen-bond acceptors (Lipinski definition) is 3. The minimum atomic E-state index is -0.200. The molecule has 0 aliphatic carbocycles. The molecule has 0 aromatic heterocycles. The quantitative estimate of drug-likeness (QED) is 0.548. The Morgan fingerprint density at radius 2 is 1.67 bits per heavy atom. The molecule has 1 heterocycles. The summed E-state index contributed by atoms with van der Waals surface area (Å²) in [4.78, 5) is 13.3. The molecule has 1 fully saturated rings. The largest absolute Gasteiger partial charge is 0.455 e. The van der Waals surface area contributed by atoms with Crippen LogP contribution in [-0.2, 0) is 4.74 Å². The van der Waals surface area contributed by atoms with Crippen molar-refractivity contribution in [2.24, 2.45) is 0 Å². The zero-order valence-corrected chi connectivity index (χ0v) is 12.3. The normalized spacial score (nSPS) is 26.3. The number of piperidine rings is 1. The average Bonchev–Trinajstić information content (AvgIpc) is 1.97. The number of rotatable bonds is 1. The van der Waals surface area contributed by atoms with E-state index in [1.165, 1.54) is 0 Å². The van der Waals surface area contributed by atoms with Crippen molar-refractivity contribution < 1.29 is 9.53 Å². The summed E-state index contributed by atoms with van der Waals surface area (Å²) in [5, 5.41) is 0. The Morgan fingerprint density at radius 1 is 1.27 bits per heavy atom. The molecule has 0 aromatic rings. The Balaban J connectivity index is 2.79. The van der Waals surface area contributed by atoms with Crippen molar-refractivity contribution in [1.29, 1.82) is 0 Å². The van der Waals surface area contributed by atoms with Gasteiger partial charge in [0.15, 0.2) is 0 Å². The Bertz CT molecular complexity index is 245. The predicted octanol–water partition coefficient (Wildman–Crippen LogP) is 3.21. The molecule has 0 aromatic carbocycles. The SMILES string of the molecule is CN1C(C)(C)CC(OC(=O)I)CC1(C)C. The van der Waals surface area contributed by atoms with Gasteiger partial charge < -0.3 is 4.74 Å². The van der Waals surface area contributed by atoms with Gasteiger partial charge in [0, 0.05) is 23.9 Å². The predicted molar refractivity (Wildman–Crippen MR) is 69.4 cm³/mol. The van der Waals surface area contributed by atoms with Gasteiger partial charge in [-0.1, -0.05) is 0 Å². The molecule has 0 unspecified atom stereocenters. The van der Waals surface area contributed by atoms with Crippen LogP contribution in [0.25, 0.3) is 0 Å². The molecule has 1 aliphatic rings. The number of hydrogen-bond donors (Lipinski definition) is 0. The van der Waals surface area contributed by atoms with Gasteiger partial charge in [0.25, 0.3) is 0 Å². The van der Waals surface area contributed by atoms with Crippen molar-refractivity contribution in [1.82, 2.24) is 4.90 Å². The molecule has 0 N–H and O–H groups in total. The summed E-state index contributed by atoms with van der Waals surface area (Å²) >= 11 is 1.70. The van der Waals surface area contributed by atoms with E-state index in [0.717, 1.165) is 12.8 Å². The lowest BCUT2D eigenvalue weighted by Gasteiger charge is -2.53. The van der Waals surface area contributed by atoms with Gasteiger partial charge in [-0.15, -0.1) is 0 Å². The van der Waals surface area contributed by atoms with Crippen LogP contribution >= 0.6 is 22.6 Å². The highest BCUT2D eigenvalue weighted by Crippen LogP contribution is 2.38. The number of carbonyl (C=O) groups is 1. The summed E-state index contributed by atoms with van der Waals surface area (Å²) in [6.45, 7) is 8.79. The molecule has 0 radical (unpaired) electrons. The fourth-order valence-corrected chi connectivity index (χ4v) is 2.85.